The van der Waals surface area contributed by atoms with Crippen LogP contribution in [0.1, 0.15) is 26.3 Å². The Morgan fingerprint density at radius 2 is 1.56 bits per heavy atom. The first-order valence-corrected chi connectivity index (χ1v) is 8.03. The van der Waals surface area contributed by atoms with E-state index < -0.39 is 17.9 Å². The van der Waals surface area contributed by atoms with Crippen LogP contribution in [-0.4, -0.2) is 35.2 Å². The Morgan fingerprint density at radius 1 is 1.00 bits per heavy atom. The summed E-state index contributed by atoms with van der Waals surface area (Å²) in [4.78, 5) is 39.1. The molecule has 1 aliphatic rings. The smallest absolute Gasteiger partial charge is 0.262 e. The lowest BCUT2D eigenvalue weighted by Gasteiger charge is -2.25. The zero-order valence-corrected chi connectivity index (χ0v) is 13.6. The lowest BCUT2D eigenvalue weighted by atomic mass is 10.0. The van der Waals surface area contributed by atoms with E-state index in [0.717, 1.165) is 10.5 Å². The molecule has 1 heterocycles. The van der Waals surface area contributed by atoms with Crippen LogP contribution in [0, 0.1) is 0 Å². The largest absolute Gasteiger partial charge is 0.351 e. The Labute approximate surface area is 146 Å². The van der Waals surface area contributed by atoms with Gasteiger partial charge >= 0.3 is 0 Å². The molecule has 0 fully saturated rings. The second-order valence-corrected chi connectivity index (χ2v) is 5.77. The fourth-order valence-electron chi connectivity index (χ4n) is 2.92. The van der Waals surface area contributed by atoms with E-state index in [1.165, 1.54) is 0 Å². The molecule has 1 unspecified atom stereocenters. The Kier molecular flexibility index (Phi) is 4.75. The van der Waals surface area contributed by atoms with E-state index in [2.05, 4.69) is 11.9 Å². The van der Waals surface area contributed by atoms with Gasteiger partial charge in [0, 0.05) is 13.0 Å². The topological polar surface area (TPSA) is 66.5 Å². The maximum absolute atomic E-state index is 12.7. The van der Waals surface area contributed by atoms with E-state index in [9.17, 15) is 14.4 Å². The predicted octanol–water partition coefficient (Wildman–Crippen LogP) is 2.20. The third-order valence-corrected chi connectivity index (χ3v) is 4.13. The zero-order valence-electron chi connectivity index (χ0n) is 13.6. The van der Waals surface area contributed by atoms with E-state index in [1.54, 1.807) is 30.3 Å². The Bertz CT molecular complexity index is 795. The van der Waals surface area contributed by atoms with Crippen molar-refractivity contribution in [2.45, 2.75) is 12.5 Å². The van der Waals surface area contributed by atoms with E-state index >= 15 is 0 Å². The van der Waals surface area contributed by atoms with Gasteiger partial charge in [0.1, 0.15) is 6.04 Å². The van der Waals surface area contributed by atoms with E-state index in [-0.39, 0.29) is 18.9 Å². The molecule has 25 heavy (non-hydrogen) atoms. The van der Waals surface area contributed by atoms with Crippen LogP contribution in [-0.2, 0) is 11.2 Å². The number of carbonyl (C=O) groups is 3. The first-order valence-electron chi connectivity index (χ1n) is 8.03. The summed E-state index contributed by atoms with van der Waals surface area (Å²) in [5.41, 5.74) is 1.54. The maximum atomic E-state index is 12.7. The van der Waals surface area contributed by atoms with Crippen molar-refractivity contribution in [3.63, 3.8) is 0 Å². The van der Waals surface area contributed by atoms with Crippen LogP contribution in [0.25, 0.3) is 0 Å². The summed E-state index contributed by atoms with van der Waals surface area (Å²) in [5, 5.41) is 2.69. The molecule has 0 aliphatic carbocycles. The lowest BCUT2D eigenvalue weighted by Crippen LogP contribution is -2.50. The van der Waals surface area contributed by atoms with Crippen LogP contribution >= 0.6 is 0 Å². The van der Waals surface area contributed by atoms with Crippen LogP contribution in [0.3, 0.4) is 0 Å². The maximum Gasteiger partial charge on any atom is 0.262 e. The fraction of sp³-hybridized carbons (Fsp3) is 0.150. The highest BCUT2D eigenvalue weighted by Crippen LogP contribution is 2.26. The van der Waals surface area contributed by atoms with Gasteiger partial charge in [0.2, 0.25) is 5.91 Å². The highest BCUT2D eigenvalue weighted by molar-refractivity contribution is 6.22. The van der Waals surface area contributed by atoms with Crippen LogP contribution in [0.15, 0.2) is 67.3 Å². The fourth-order valence-corrected chi connectivity index (χ4v) is 2.92. The van der Waals surface area contributed by atoms with Crippen molar-refractivity contribution in [1.29, 1.82) is 0 Å². The molecule has 126 valence electrons. The SMILES string of the molecule is C=CCNC(=O)C(Cc1ccccc1)N1C(=O)c2ccccc2C1=O. The zero-order chi connectivity index (χ0) is 17.8. The summed E-state index contributed by atoms with van der Waals surface area (Å²) in [6.45, 7) is 3.84. The van der Waals surface area contributed by atoms with E-state index in [1.807, 2.05) is 30.3 Å². The van der Waals surface area contributed by atoms with Gasteiger partial charge in [0.05, 0.1) is 11.1 Å². The van der Waals surface area contributed by atoms with Gasteiger partial charge in [-0.2, -0.15) is 0 Å². The molecule has 5 nitrogen and oxygen atoms in total. The van der Waals surface area contributed by atoms with Crippen LogP contribution in [0.2, 0.25) is 0 Å². The standard InChI is InChI=1S/C20H18N2O3/c1-2-12-21-18(23)17(13-14-8-4-3-5-9-14)22-19(24)15-10-6-7-11-16(15)20(22)25/h2-11,17H,1,12-13H2,(H,21,23). The van der Waals surface area contributed by atoms with Gasteiger partial charge in [-0.05, 0) is 17.7 Å². The van der Waals surface area contributed by atoms with Crippen molar-refractivity contribution in [2.24, 2.45) is 0 Å². The van der Waals surface area contributed by atoms with Gasteiger partial charge < -0.3 is 5.32 Å². The Hall–Kier alpha value is -3.21. The van der Waals surface area contributed by atoms with Crippen molar-refractivity contribution in [1.82, 2.24) is 10.2 Å². The van der Waals surface area contributed by atoms with Crippen molar-refractivity contribution < 1.29 is 14.4 Å². The van der Waals surface area contributed by atoms with Crippen molar-refractivity contribution in [2.75, 3.05) is 6.54 Å². The first kappa shape index (κ1) is 16.6. The summed E-state index contributed by atoms with van der Waals surface area (Å²) in [6, 6.07) is 15.0. The van der Waals surface area contributed by atoms with Crippen LogP contribution < -0.4 is 5.32 Å². The van der Waals surface area contributed by atoms with Gasteiger partial charge in [-0.25, -0.2) is 0 Å². The molecule has 5 heteroatoms. The molecule has 1 aliphatic heterocycles. The number of nitrogens with zero attached hydrogens (tertiary/aromatic N) is 1. The monoisotopic (exact) mass is 334 g/mol. The third kappa shape index (κ3) is 3.21. The number of nitrogens with one attached hydrogen (secondary N) is 1. The number of carbonyl (C=O) groups excluding carboxylic acids is 3. The normalized spacial score (nSPS) is 14.2. The molecule has 2 aromatic carbocycles. The minimum Gasteiger partial charge on any atom is -0.351 e. The van der Waals surface area contributed by atoms with Crippen molar-refractivity contribution in [3.05, 3.63) is 83.9 Å². The highest BCUT2D eigenvalue weighted by atomic mass is 16.2. The molecule has 3 rings (SSSR count). The minimum absolute atomic E-state index is 0.259. The summed E-state index contributed by atoms with van der Waals surface area (Å²) in [5.74, 6) is -1.25. The summed E-state index contributed by atoms with van der Waals surface area (Å²) in [6.07, 6.45) is 1.81. The van der Waals surface area contributed by atoms with Crippen molar-refractivity contribution in [3.8, 4) is 0 Å². The first-order chi connectivity index (χ1) is 12.1. The lowest BCUT2D eigenvalue weighted by molar-refractivity contribution is -0.124. The second-order valence-electron chi connectivity index (χ2n) is 5.77. The van der Waals surface area contributed by atoms with E-state index in [0.29, 0.717) is 11.1 Å². The third-order valence-electron chi connectivity index (χ3n) is 4.13. The molecule has 0 saturated carbocycles. The van der Waals surface area contributed by atoms with Gasteiger partial charge in [0.15, 0.2) is 0 Å². The quantitative estimate of drug-likeness (QED) is 0.650. The molecule has 0 spiro atoms. The molecule has 0 saturated heterocycles. The number of hydrogen-bond donors (Lipinski definition) is 1. The molecular weight excluding hydrogens is 316 g/mol. The highest BCUT2D eigenvalue weighted by Gasteiger charge is 2.42. The molecule has 0 bridgehead atoms. The number of hydrogen-bond acceptors (Lipinski definition) is 3. The van der Waals surface area contributed by atoms with Crippen LogP contribution in [0.5, 0.6) is 0 Å². The van der Waals surface area contributed by atoms with E-state index in [4.69, 9.17) is 0 Å². The molecular formula is C20H18N2O3. The summed E-state index contributed by atoms with van der Waals surface area (Å²) in [7, 11) is 0. The van der Waals surface area contributed by atoms with Gasteiger partial charge in [0.25, 0.3) is 11.8 Å². The number of benzene rings is 2. The number of imide groups is 1. The molecule has 0 aromatic heterocycles. The minimum atomic E-state index is -0.908. The summed E-state index contributed by atoms with van der Waals surface area (Å²) >= 11 is 0. The van der Waals surface area contributed by atoms with Crippen LogP contribution in [0.4, 0.5) is 0 Å². The predicted molar refractivity (Wildman–Crippen MR) is 94.1 cm³/mol. The van der Waals surface area contributed by atoms with Gasteiger partial charge in [-0.15, -0.1) is 6.58 Å². The Balaban J connectivity index is 1.94. The number of amides is 3. The summed E-state index contributed by atoms with van der Waals surface area (Å²) < 4.78 is 0. The van der Waals surface area contributed by atoms with Gasteiger partial charge in [-0.3, -0.25) is 19.3 Å². The molecule has 2 aromatic rings. The molecule has 1 N–H and O–H groups in total. The molecule has 1 atom stereocenters. The average molecular weight is 334 g/mol. The average Bonchev–Trinajstić information content (AvgIpc) is 2.90. The molecule has 0 radical (unpaired) electrons. The molecule has 3 amide bonds. The van der Waals surface area contributed by atoms with Crippen molar-refractivity contribution >= 4 is 17.7 Å². The number of rotatable bonds is 6. The Morgan fingerprint density at radius 3 is 2.12 bits per heavy atom. The second kappa shape index (κ2) is 7.13. The number of fused-ring (bicyclic) bond motifs is 1. The van der Waals surface area contributed by atoms with Gasteiger partial charge in [-0.1, -0.05) is 48.5 Å².